The van der Waals surface area contributed by atoms with Crippen LogP contribution in [0.15, 0.2) is 54.9 Å². The van der Waals surface area contributed by atoms with Gasteiger partial charge in [-0.2, -0.15) is 13.2 Å². The molecule has 0 radical (unpaired) electrons. The Hall–Kier alpha value is -3.24. The third kappa shape index (κ3) is 5.13. The number of hydrogen-bond donors (Lipinski definition) is 2. The molecule has 1 atom stereocenters. The van der Waals surface area contributed by atoms with Crippen LogP contribution < -0.4 is 16.0 Å². The van der Waals surface area contributed by atoms with Crippen LogP contribution in [-0.2, 0) is 6.18 Å². The van der Waals surface area contributed by atoms with Crippen LogP contribution in [0, 0.1) is 5.82 Å². The van der Waals surface area contributed by atoms with Crippen LogP contribution in [-0.4, -0.2) is 54.6 Å². The Morgan fingerprint density at radius 2 is 1.62 bits per heavy atom. The number of nitrogen functional groups attached to an aromatic ring is 1. The molecular weight excluding hydrogens is 448 g/mol. The molecule has 180 valence electrons. The summed E-state index contributed by atoms with van der Waals surface area (Å²) in [4.78, 5) is 12.9. The highest BCUT2D eigenvalue weighted by Crippen LogP contribution is 2.35. The van der Waals surface area contributed by atoms with Crippen molar-refractivity contribution >= 4 is 11.6 Å². The highest BCUT2D eigenvalue weighted by Gasteiger charge is 2.31. The van der Waals surface area contributed by atoms with Crippen molar-refractivity contribution in [2.45, 2.75) is 12.2 Å². The van der Waals surface area contributed by atoms with E-state index < -0.39 is 11.7 Å². The van der Waals surface area contributed by atoms with Crippen LogP contribution in [0.1, 0.15) is 17.2 Å². The van der Waals surface area contributed by atoms with Crippen LogP contribution in [0.3, 0.4) is 0 Å². The lowest BCUT2D eigenvalue weighted by atomic mass is 10.0. The highest BCUT2D eigenvalue weighted by atomic mass is 19.4. The fourth-order valence-electron chi connectivity index (χ4n) is 4.31. The molecular formula is C24H26F4N6. The van der Waals surface area contributed by atoms with E-state index in [1.165, 1.54) is 18.5 Å². The van der Waals surface area contributed by atoms with Gasteiger partial charge < -0.3 is 16.0 Å². The summed E-state index contributed by atoms with van der Waals surface area (Å²) in [6, 6.07) is 11.3. The first-order valence-corrected chi connectivity index (χ1v) is 10.9. The quantitative estimate of drug-likeness (QED) is 0.527. The number of nitrogens with zero attached hydrogens (tertiary/aromatic N) is 4. The van der Waals surface area contributed by atoms with Crippen molar-refractivity contribution in [1.82, 2.24) is 20.2 Å². The van der Waals surface area contributed by atoms with Crippen LogP contribution in [0.4, 0.5) is 29.2 Å². The second-order valence-electron chi connectivity index (χ2n) is 8.18. The molecule has 4 rings (SSSR count). The summed E-state index contributed by atoms with van der Waals surface area (Å²) in [7, 11) is 1.83. The Bertz CT molecular complexity index is 1090. The molecule has 10 heteroatoms. The summed E-state index contributed by atoms with van der Waals surface area (Å²) in [6.07, 6.45) is -2.94. The van der Waals surface area contributed by atoms with Crippen molar-refractivity contribution < 1.29 is 17.6 Å². The first kappa shape index (κ1) is 23.9. The number of aromatic nitrogens is 2. The number of alkyl halides is 3. The van der Waals surface area contributed by atoms with Crippen molar-refractivity contribution in [1.29, 1.82) is 0 Å². The summed E-state index contributed by atoms with van der Waals surface area (Å²) in [5.41, 5.74) is 7.72. The van der Waals surface area contributed by atoms with E-state index in [-0.39, 0.29) is 11.9 Å². The summed E-state index contributed by atoms with van der Waals surface area (Å²) >= 11 is 0. The molecule has 6 nitrogen and oxygen atoms in total. The predicted octanol–water partition coefficient (Wildman–Crippen LogP) is 3.97. The minimum atomic E-state index is -4.36. The lowest BCUT2D eigenvalue weighted by molar-refractivity contribution is -0.137. The maximum atomic E-state index is 13.4. The first-order valence-electron chi connectivity index (χ1n) is 10.9. The molecule has 3 N–H and O–H groups in total. The molecule has 1 aliphatic rings. The van der Waals surface area contributed by atoms with Gasteiger partial charge in [0.25, 0.3) is 0 Å². The van der Waals surface area contributed by atoms with E-state index in [2.05, 4.69) is 25.1 Å². The number of anilines is 2. The fourth-order valence-corrected chi connectivity index (χ4v) is 4.31. The molecule has 0 aliphatic carbocycles. The molecule has 1 fully saturated rings. The monoisotopic (exact) mass is 474 g/mol. The summed E-state index contributed by atoms with van der Waals surface area (Å²) < 4.78 is 52.3. The fraction of sp³-hybridized carbons (Fsp3) is 0.333. The van der Waals surface area contributed by atoms with Gasteiger partial charge in [-0.25, -0.2) is 14.4 Å². The summed E-state index contributed by atoms with van der Waals surface area (Å²) in [6.45, 7) is 3.25. The van der Waals surface area contributed by atoms with Crippen LogP contribution >= 0.6 is 0 Å². The van der Waals surface area contributed by atoms with Gasteiger partial charge in [-0.15, -0.1) is 0 Å². The maximum absolute atomic E-state index is 13.4. The van der Waals surface area contributed by atoms with Gasteiger partial charge in [-0.05, 0) is 42.4 Å². The molecule has 2 heterocycles. The second-order valence-corrected chi connectivity index (χ2v) is 8.18. The number of nitrogens with two attached hydrogens (primary N) is 1. The van der Waals surface area contributed by atoms with Crippen molar-refractivity contribution in [2.75, 3.05) is 50.4 Å². The SMILES string of the molecule is CNC[C@@H](c1ccc(C(F)(F)F)cc1)N1CCN(c2ncnc(N)c2-c2ccc(F)cc2)CC1. The van der Waals surface area contributed by atoms with E-state index in [0.717, 1.165) is 23.3 Å². The Morgan fingerprint density at radius 1 is 0.971 bits per heavy atom. The average molecular weight is 475 g/mol. The molecule has 0 bridgehead atoms. The van der Waals surface area contributed by atoms with Crippen molar-refractivity contribution in [2.24, 2.45) is 0 Å². The third-order valence-electron chi connectivity index (χ3n) is 6.06. The normalized spacial score (nSPS) is 16.0. The number of nitrogens with one attached hydrogen (secondary N) is 1. The lowest BCUT2D eigenvalue weighted by Gasteiger charge is -2.40. The summed E-state index contributed by atoms with van der Waals surface area (Å²) in [5, 5.41) is 3.15. The highest BCUT2D eigenvalue weighted by molar-refractivity contribution is 5.84. The predicted molar refractivity (Wildman–Crippen MR) is 124 cm³/mol. The van der Waals surface area contributed by atoms with Gasteiger partial charge in [0.1, 0.15) is 23.8 Å². The molecule has 0 saturated carbocycles. The number of halogens is 4. The molecule has 1 saturated heterocycles. The maximum Gasteiger partial charge on any atom is 0.416 e. The smallest absolute Gasteiger partial charge is 0.383 e. The molecule has 3 aromatic rings. The van der Waals surface area contributed by atoms with Crippen molar-refractivity contribution in [3.63, 3.8) is 0 Å². The number of hydrogen-bond acceptors (Lipinski definition) is 6. The van der Waals surface area contributed by atoms with E-state index in [1.807, 2.05) is 7.05 Å². The zero-order valence-corrected chi connectivity index (χ0v) is 18.7. The largest absolute Gasteiger partial charge is 0.416 e. The van der Waals surface area contributed by atoms with E-state index in [9.17, 15) is 17.6 Å². The molecule has 1 aliphatic heterocycles. The van der Waals surface area contributed by atoms with Gasteiger partial charge in [0.05, 0.1) is 11.1 Å². The van der Waals surface area contributed by atoms with Crippen molar-refractivity contribution in [3.8, 4) is 11.1 Å². The Kier molecular flexibility index (Phi) is 6.99. The number of rotatable bonds is 6. The van der Waals surface area contributed by atoms with Crippen molar-refractivity contribution in [3.05, 3.63) is 71.8 Å². The minimum absolute atomic E-state index is 0.0681. The van der Waals surface area contributed by atoms with Gasteiger partial charge in [0.15, 0.2) is 0 Å². The Labute approximate surface area is 195 Å². The minimum Gasteiger partial charge on any atom is -0.383 e. The van der Waals surface area contributed by atoms with Crippen LogP contribution in [0.5, 0.6) is 0 Å². The molecule has 2 aromatic carbocycles. The molecule has 1 aromatic heterocycles. The molecule has 0 unspecified atom stereocenters. The number of benzene rings is 2. The average Bonchev–Trinajstić information content (AvgIpc) is 2.83. The first-order chi connectivity index (χ1) is 16.3. The van der Waals surface area contributed by atoms with Gasteiger partial charge >= 0.3 is 6.18 Å². The zero-order valence-electron chi connectivity index (χ0n) is 18.7. The van der Waals surface area contributed by atoms with Gasteiger partial charge in [-0.1, -0.05) is 24.3 Å². The molecule has 0 amide bonds. The Morgan fingerprint density at radius 3 is 2.21 bits per heavy atom. The summed E-state index contributed by atoms with van der Waals surface area (Å²) in [5.74, 6) is 0.656. The zero-order chi connectivity index (χ0) is 24.3. The third-order valence-corrected chi connectivity index (χ3v) is 6.06. The van der Waals surface area contributed by atoms with E-state index in [1.54, 1.807) is 24.3 Å². The number of likely N-dealkylation sites (N-methyl/N-ethyl adjacent to an activating group) is 1. The molecule has 34 heavy (non-hydrogen) atoms. The lowest BCUT2D eigenvalue weighted by Crippen LogP contribution is -2.49. The van der Waals surface area contributed by atoms with Gasteiger partial charge in [0, 0.05) is 38.8 Å². The van der Waals surface area contributed by atoms with E-state index >= 15 is 0 Å². The van der Waals surface area contributed by atoms with E-state index in [4.69, 9.17) is 5.73 Å². The molecule has 0 spiro atoms. The van der Waals surface area contributed by atoms with Crippen LogP contribution in [0.2, 0.25) is 0 Å². The Balaban J connectivity index is 1.52. The van der Waals surface area contributed by atoms with Gasteiger partial charge in [-0.3, -0.25) is 4.90 Å². The second kappa shape index (κ2) is 9.94. The van der Waals surface area contributed by atoms with E-state index in [0.29, 0.717) is 49.9 Å². The topological polar surface area (TPSA) is 70.3 Å². The van der Waals surface area contributed by atoms with Gasteiger partial charge in [0.2, 0.25) is 0 Å². The van der Waals surface area contributed by atoms with Crippen LogP contribution in [0.25, 0.3) is 11.1 Å². The number of piperazine rings is 1. The standard InChI is InChI=1S/C24H26F4N6/c1-30-14-20(16-2-6-18(7-3-16)24(26,27)28)33-10-12-34(13-11-33)23-21(22(29)31-15-32-23)17-4-8-19(25)9-5-17/h2-9,15,20,30H,10-14H2,1H3,(H2,29,31,32)/t20-/m0/s1.